The minimum Gasteiger partial charge on any atom is -0.370 e. The van der Waals surface area contributed by atoms with E-state index in [1.54, 1.807) is 12.1 Å². The van der Waals surface area contributed by atoms with Gasteiger partial charge in [0.05, 0.1) is 0 Å². The molecule has 0 amide bonds. The maximum atomic E-state index is 12.8. The van der Waals surface area contributed by atoms with Crippen LogP contribution in [0.15, 0.2) is 36.7 Å². The van der Waals surface area contributed by atoms with Crippen molar-refractivity contribution in [2.75, 3.05) is 17.2 Å². The van der Waals surface area contributed by atoms with E-state index < -0.39 is 0 Å². The molecule has 4 nitrogen and oxygen atoms in total. The second kappa shape index (κ2) is 6.68. The Bertz CT molecular complexity index is 513. The third-order valence-corrected chi connectivity index (χ3v) is 2.61. The van der Waals surface area contributed by atoms with E-state index in [2.05, 4.69) is 27.5 Å². The minimum atomic E-state index is -0.225. The van der Waals surface area contributed by atoms with Crippen LogP contribution in [-0.4, -0.2) is 16.5 Å². The molecule has 5 heteroatoms. The Kier molecular flexibility index (Phi) is 4.66. The van der Waals surface area contributed by atoms with Crippen molar-refractivity contribution in [2.24, 2.45) is 0 Å². The molecule has 1 aromatic carbocycles. The summed E-state index contributed by atoms with van der Waals surface area (Å²) < 4.78 is 12.8. The second-order valence-electron chi connectivity index (χ2n) is 4.20. The van der Waals surface area contributed by atoms with Crippen molar-refractivity contribution in [3.05, 3.63) is 48.0 Å². The Morgan fingerprint density at radius 1 is 1.05 bits per heavy atom. The summed E-state index contributed by atoms with van der Waals surface area (Å²) in [5.74, 6) is 1.33. The van der Waals surface area contributed by atoms with Crippen LogP contribution in [0.25, 0.3) is 0 Å². The maximum Gasteiger partial charge on any atom is 0.131 e. The number of nitrogens with one attached hydrogen (secondary N) is 2. The van der Waals surface area contributed by atoms with Crippen LogP contribution in [-0.2, 0) is 6.54 Å². The van der Waals surface area contributed by atoms with Crippen LogP contribution in [0, 0.1) is 5.82 Å². The van der Waals surface area contributed by atoms with Crippen molar-refractivity contribution in [3.8, 4) is 0 Å². The highest BCUT2D eigenvalue weighted by Gasteiger charge is 1.99. The Morgan fingerprint density at radius 3 is 2.42 bits per heavy atom. The average Bonchev–Trinajstić information content (AvgIpc) is 2.45. The zero-order valence-electron chi connectivity index (χ0n) is 10.9. The highest BCUT2D eigenvalue weighted by Crippen LogP contribution is 2.10. The summed E-state index contributed by atoms with van der Waals surface area (Å²) in [5, 5.41) is 6.38. The molecule has 0 aliphatic carbocycles. The number of halogens is 1. The lowest BCUT2D eigenvalue weighted by atomic mass is 10.2. The fourth-order valence-electron chi connectivity index (χ4n) is 1.60. The minimum absolute atomic E-state index is 0.225. The van der Waals surface area contributed by atoms with Gasteiger partial charge in [-0.2, -0.15) is 0 Å². The summed E-state index contributed by atoms with van der Waals surface area (Å²) >= 11 is 0. The van der Waals surface area contributed by atoms with E-state index in [0.717, 1.165) is 30.2 Å². The zero-order chi connectivity index (χ0) is 13.5. The molecule has 100 valence electrons. The molecule has 2 N–H and O–H groups in total. The van der Waals surface area contributed by atoms with Crippen LogP contribution < -0.4 is 10.6 Å². The van der Waals surface area contributed by atoms with Crippen molar-refractivity contribution in [2.45, 2.75) is 19.9 Å². The summed E-state index contributed by atoms with van der Waals surface area (Å²) in [6, 6.07) is 8.26. The Balaban J connectivity index is 1.93. The van der Waals surface area contributed by atoms with Gasteiger partial charge >= 0.3 is 0 Å². The molecule has 2 aromatic rings. The fourth-order valence-corrected chi connectivity index (χ4v) is 1.60. The van der Waals surface area contributed by atoms with Crippen LogP contribution in [0.4, 0.5) is 16.0 Å². The molecule has 0 aliphatic heterocycles. The van der Waals surface area contributed by atoms with E-state index >= 15 is 0 Å². The van der Waals surface area contributed by atoms with Crippen LogP contribution in [0.3, 0.4) is 0 Å². The van der Waals surface area contributed by atoms with Gasteiger partial charge in [-0.05, 0) is 24.1 Å². The van der Waals surface area contributed by atoms with Crippen molar-refractivity contribution in [3.63, 3.8) is 0 Å². The monoisotopic (exact) mass is 260 g/mol. The molecule has 0 radical (unpaired) electrons. The molecule has 0 bridgehead atoms. The Hall–Kier alpha value is -2.17. The van der Waals surface area contributed by atoms with Gasteiger partial charge in [0.15, 0.2) is 0 Å². The van der Waals surface area contributed by atoms with E-state index in [1.165, 1.54) is 18.5 Å². The van der Waals surface area contributed by atoms with Crippen LogP contribution in [0.1, 0.15) is 18.9 Å². The lowest BCUT2D eigenvalue weighted by Gasteiger charge is -2.08. The fraction of sp³-hybridized carbons (Fsp3) is 0.286. The molecule has 1 heterocycles. The number of anilines is 2. The molecule has 0 atom stereocenters. The Labute approximate surface area is 112 Å². The first-order valence-electron chi connectivity index (χ1n) is 6.32. The van der Waals surface area contributed by atoms with E-state index in [4.69, 9.17) is 0 Å². The van der Waals surface area contributed by atoms with Gasteiger partial charge < -0.3 is 10.6 Å². The van der Waals surface area contributed by atoms with E-state index in [-0.39, 0.29) is 5.82 Å². The molecule has 19 heavy (non-hydrogen) atoms. The lowest BCUT2D eigenvalue weighted by molar-refractivity contribution is 0.627. The third kappa shape index (κ3) is 4.21. The van der Waals surface area contributed by atoms with Crippen LogP contribution in [0.5, 0.6) is 0 Å². The molecular weight excluding hydrogens is 243 g/mol. The molecule has 0 saturated carbocycles. The van der Waals surface area contributed by atoms with E-state index in [0.29, 0.717) is 6.54 Å². The highest BCUT2D eigenvalue weighted by molar-refractivity contribution is 5.46. The van der Waals surface area contributed by atoms with E-state index in [1.807, 2.05) is 6.07 Å². The number of rotatable bonds is 6. The summed E-state index contributed by atoms with van der Waals surface area (Å²) in [4.78, 5) is 8.28. The van der Waals surface area contributed by atoms with Crippen LogP contribution in [0.2, 0.25) is 0 Å². The largest absolute Gasteiger partial charge is 0.370 e. The number of hydrogen-bond acceptors (Lipinski definition) is 4. The maximum absolute atomic E-state index is 12.8. The topological polar surface area (TPSA) is 49.8 Å². The quantitative estimate of drug-likeness (QED) is 0.838. The molecular formula is C14H17FN4. The van der Waals surface area contributed by atoms with Gasteiger partial charge in [-0.1, -0.05) is 19.1 Å². The Morgan fingerprint density at radius 2 is 1.74 bits per heavy atom. The first-order valence-corrected chi connectivity index (χ1v) is 6.32. The zero-order valence-corrected chi connectivity index (χ0v) is 10.9. The number of hydrogen-bond donors (Lipinski definition) is 2. The summed E-state index contributed by atoms with van der Waals surface area (Å²) in [6.45, 7) is 3.58. The molecule has 0 unspecified atom stereocenters. The van der Waals surface area contributed by atoms with Gasteiger partial charge in [0.2, 0.25) is 0 Å². The third-order valence-electron chi connectivity index (χ3n) is 2.61. The van der Waals surface area contributed by atoms with Gasteiger partial charge in [-0.25, -0.2) is 14.4 Å². The van der Waals surface area contributed by atoms with Crippen molar-refractivity contribution >= 4 is 11.6 Å². The van der Waals surface area contributed by atoms with E-state index in [9.17, 15) is 4.39 Å². The number of nitrogens with zero attached hydrogens (tertiary/aromatic N) is 2. The average molecular weight is 260 g/mol. The van der Waals surface area contributed by atoms with Gasteiger partial charge in [0.25, 0.3) is 0 Å². The smallest absolute Gasteiger partial charge is 0.131 e. The van der Waals surface area contributed by atoms with Crippen LogP contribution >= 0.6 is 0 Å². The first-order chi connectivity index (χ1) is 9.28. The molecule has 2 rings (SSSR count). The van der Waals surface area contributed by atoms with Gasteiger partial charge in [0, 0.05) is 19.2 Å². The molecule has 1 aromatic heterocycles. The summed E-state index contributed by atoms with van der Waals surface area (Å²) in [5.41, 5.74) is 1.00. The predicted octanol–water partition coefficient (Wildman–Crippen LogP) is 3.05. The molecule has 0 aliphatic rings. The van der Waals surface area contributed by atoms with Gasteiger partial charge in [-0.3, -0.25) is 0 Å². The predicted molar refractivity (Wildman–Crippen MR) is 74.5 cm³/mol. The second-order valence-corrected chi connectivity index (χ2v) is 4.20. The highest BCUT2D eigenvalue weighted by atomic mass is 19.1. The summed E-state index contributed by atoms with van der Waals surface area (Å²) in [6.07, 6.45) is 2.56. The lowest BCUT2D eigenvalue weighted by Crippen LogP contribution is -2.05. The molecule has 0 saturated heterocycles. The van der Waals surface area contributed by atoms with Gasteiger partial charge in [-0.15, -0.1) is 0 Å². The van der Waals surface area contributed by atoms with Gasteiger partial charge in [0.1, 0.15) is 23.8 Å². The SMILES string of the molecule is CCCNc1cc(NCc2ccc(F)cc2)ncn1. The first kappa shape index (κ1) is 13.3. The van der Waals surface area contributed by atoms with Crippen molar-refractivity contribution < 1.29 is 4.39 Å². The van der Waals surface area contributed by atoms with Crippen molar-refractivity contribution in [1.82, 2.24) is 9.97 Å². The standard InChI is InChI=1S/C14H17FN4/c1-2-7-16-13-8-14(19-10-18-13)17-9-11-3-5-12(15)6-4-11/h3-6,8,10H,2,7,9H2,1H3,(H2,16,17,18,19). The normalized spacial score (nSPS) is 10.2. The number of aromatic nitrogens is 2. The number of benzene rings is 1. The molecule has 0 fully saturated rings. The molecule has 0 spiro atoms. The summed E-state index contributed by atoms with van der Waals surface area (Å²) in [7, 11) is 0. The van der Waals surface area contributed by atoms with Crippen molar-refractivity contribution in [1.29, 1.82) is 0 Å².